The maximum atomic E-state index is 12.0. The number of amides is 1. The van der Waals surface area contributed by atoms with Crippen molar-refractivity contribution in [2.75, 3.05) is 19.7 Å². The number of likely N-dealkylation sites (tertiary alicyclic amines) is 1. The molecule has 1 fully saturated rings. The van der Waals surface area contributed by atoms with Crippen LogP contribution in [0.25, 0.3) is 0 Å². The van der Waals surface area contributed by atoms with Gasteiger partial charge in [-0.25, -0.2) is 0 Å². The lowest BCUT2D eigenvalue weighted by Gasteiger charge is -2.38. The lowest BCUT2D eigenvalue weighted by Crippen LogP contribution is -2.51. The molecule has 1 aliphatic rings. The molecule has 0 aromatic carbocycles. The normalized spacial score (nSPS) is 16.3. The van der Waals surface area contributed by atoms with Crippen molar-refractivity contribution in [3.8, 4) is 0 Å². The van der Waals surface area contributed by atoms with Crippen LogP contribution in [-0.4, -0.2) is 40.2 Å². The number of aromatic nitrogens is 1. The van der Waals surface area contributed by atoms with Crippen LogP contribution in [0.15, 0.2) is 12.3 Å². The Morgan fingerprint density at radius 3 is 2.88 bits per heavy atom. The molecule has 1 aliphatic heterocycles. The number of halogens is 1. The molecule has 0 unspecified atom stereocenters. The first-order chi connectivity index (χ1) is 7.65. The highest BCUT2D eigenvalue weighted by atomic mass is 35.5. The molecule has 4 nitrogen and oxygen atoms in total. The SMILES string of the molecule is CCn1cc(Cl)cc1C(=O)N1CC(CO)C1. The van der Waals surface area contributed by atoms with Crippen molar-refractivity contribution in [1.29, 1.82) is 0 Å². The number of aryl methyl sites for hydroxylation is 1. The van der Waals surface area contributed by atoms with E-state index in [4.69, 9.17) is 16.7 Å². The summed E-state index contributed by atoms with van der Waals surface area (Å²) in [7, 11) is 0. The van der Waals surface area contributed by atoms with Gasteiger partial charge in [-0.2, -0.15) is 0 Å². The van der Waals surface area contributed by atoms with E-state index in [-0.39, 0.29) is 18.4 Å². The lowest BCUT2D eigenvalue weighted by atomic mass is 10.0. The molecule has 0 atom stereocenters. The van der Waals surface area contributed by atoms with E-state index in [0.29, 0.717) is 23.8 Å². The average Bonchev–Trinajstić information content (AvgIpc) is 2.57. The Labute approximate surface area is 99.4 Å². The van der Waals surface area contributed by atoms with Crippen molar-refractivity contribution in [2.45, 2.75) is 13.5 Å². The topological polar surface area (TPSA) is 45.5 Å². The standard InChI is InChI=1S/C11H15ClN2O2/c1-2-13-6-9(12)3-10(13)11(16)14-4-8(5-14)7-15/h3,6,8,15H,2,4-5,7H2,1H3. The summed E-state index contributed by atoms with van der Waals surface area (Å²) in [6.07, 6.45) is 1.76. The molecule has 5 heteroatoms. The third kappa shape index (κ3) is 1.95. The molecule has 2 heterocycles. The number of aliphatic hydroxyl groups is 1. The summed E-state index contributed by atoms with van der Waals surface area (Å²) in [5.41, 5.74) is 0.629. The smallest absolute Gasteiger partial charge is 0.270 e. The molecule has 88 valence electrons. The van der Waals surface area contributed by atoms with E-state index < -0.39 is 0 Å². The Balaban J connectivity index is 2.09. The molecule has 0 radical (unpaired) electrons. The summed E-state index contributed by atoms with van der Waals surface area (Å²) in [5.74, 6) is 0.239. The highest BCUT2D eigenvalue weighted by Crippen LogP contribution is 2.21. The maximum Gasteiger partial charge on any atom is 0.270 e. The van der Waals surface area contributed by atoms with Gasteiger partial charge in [-0.3, -0.25) is 4.79 Å². The van der Waals surface area contributed by atoms with Crippen LogP contribution in [0.1, 0.15) is 17.4 Å². The molecular formula is C11H15ClN2O2. The summed E-state index contributed by atoms with van der Waals surface area (Å²) in [6, 6.07) is 1.69. The fourth-order valence-corrected chi connectivity index (χ4v) is 2.15. The first-order valence-electron chi connectivity index (χ1n) is 5.41. The van der Waals surface area contributed by atoms with Crippen molar-refractivity contribution in [3.63, 3.8) is 0 Å². The molecule has 0 saturated carbocycles. The first-order valence-corrected chi connectivity index (χ1v) is 5.79. The van der Waals surface area contributed by atoms with Gasteiger partial charge in [0.25, 0.3) is 5.91 Å². The van der Waals surface area contributed by atoms with Crippen LogP contribution in [-0.2, 0) is 6.54 Å². The number of aliphatic hydroxyl groups excluding tert-OH is 1. The predicted molar refractivity (Wildman–Crippen MR) is 61.6 cm³/mol. The minimum Gasteiger partial charge on any atom is -0.396 e. The lowest BCUT2D eigenvalue weighted by molar-refractivity contribution is 0.0352. The second-order valence-electron chi connectivity index (χ2n) is 4.09. The van der Waals surface area contributed by atoms with E-state index in [1.807, 2.05) is 11.5 Å². The second kappa shape index (κ2) is 4.47. The van der Waals surface area contributed by atoms with Crippen LogP contribution in [0.4, 0.5) is 0 Å². The molecule has 1 aromatic rings. The highest BCUT2D eigenvalue weighted by molar-refractivity contribution is 6.31. The van der Waals surface area contributed by atoms with Crippen LogP contribution in [0, 0.1) is 5.92 Å². The van der Waals surface area contributed by atoms with E-state index >= 15 is 0 Å². The van der Waals surface area contributed by atoms with Gasteiger partial charge in [0, 0.05) is 38.4 Å². The summed E-state index contributed by atoms with van der Waals surface area (Å²) >= 11 is 5.88. The molecule has 1 amide bonds. The summed E-state index contributed by atoms with van der Waals surface area (Å²) in [6.45, 7) is 4.13. The molecule has 0 aliphatic carbocycles. The number of hydrogen-bond acceptors (Lipinski definition) is 2. The Hall–Kier alpha value is -1.00. The number of hydrogen-bond donors (Lipinski definition) is 1. The third-order valence-electron chi connectivity index (χ3n) is 2.93. The molecule has 2 rings (SSSR count). The number of nitrogens with zero attached hydrogens (tertiary/aromatic N) is 2. The number of carbonyl (C=O) groups is 1. The van der Waals surface area contributed by atoms with Crippen molar-refractivity contribution < 1.29 is 9.90 Å². The van der Waals surface area contributed by atoms with Gasteiger partial charge < -0.3 is 14.6 Å². The Kier molecular flexibility index (Phi) is 3.21. The molecular weight excluding hydrogens is 228 g/mol. The molecule has 1 saturated heterocycles. The minimum atomic E-state index is -0.00144. The number of carbonyl (C=O) groups excluding carboxylic acids is 1. The quantitative estimate of drug-likeness (QED) is 0.867. The van der Waals surface area contributed by atoms with Crippen LogP contribution in [0.3, 0.4) is 0 Å². The summed E-state index contributed by atoms with van der Waals surface area (Å²) < 4.78 is 1.84. The van der Waals surface area contributed by atoms with E-state index in [0.717, 1.165) is 6.54 Å². The zero-order chi connectivity index (χ0) is 11.7. The van der Waals surface area contributed by atoms with Crippen LogP contribution >= 0.6 is 11.6 Å². The van der Waals surface area contributed by atoms with Gasteiger partial charge in [-0.05, 0) is 13.0 Å². The monoisotopic (exact) mass is 242 g/mol. The Morgan fingerprint density at radius 2 is 2.31 bits per heavy atom. The van der Waals surface area contributed by atoms with E-state index in [1.165, 1.54) is 0 Å². The molecule has 0 spiro atoms. The Bertz CT molecular complexity index is 397. The second-order valence-corrected chi connectivity index (χ2v) is 4.52. The van der Waals surface area contributed by atoms with Crippen molar-refractivity contribution in [1.82, 2.24) is 9.47 Å². The van der Waals surface area contributed by atoms with Gasteiger partial charge in [0.15, 0.2) is 0 Å². The first kappa shape index (κ1) is 11.5. The van der Waals surface area contributed by atoms with Crippen molar-refractivity contribution in [2.24, 2.45) is 5.92 Å². The van der Waals surface area contributed by atoms with Gasteiger partial charge in [0.1, 0.15) is 5.69 Å². The zero-order valence-electron chi connectivity index (χ0n) is 9.19. The van der Waals surface area contributed by atoms with Crippen molar-refractivity contribution >= 4 is 17.5 Å². The van der Waals surface area contributed by atoms with E-state index in [1.54, 1.807) is 17.2 Å². The molecule has 16 heavy (non-hydrogen) atoms. The number of rotatable bonds is 3. The average molecular weight is 243 g/mol. The fraction of sp³-hybridized carbons (Fsp3) is 0.545. The van der Waals surface area contributed by atoms with Gasteiger partial charge in [-0.15, -0.1) is 0 Å². The third-order valence-corrected chi connectivity index (χ3v) is 3.13. The van der Waals surface area contributed by atoms with E-state index in [9.17, 15) is 4.79 Å². The van der Waals surface area contributed by atoms with Crippen molar-refractivity contribution in [3.05, 3.63) is 23.0 Å². The summed E-state index contributed by atoms with van der Waals surface area (Å²) in [5, 5.41) is 9.48. The molecule has 1 N–H and O–H groups in total. The minimum absolute atomic E-state index is 0.00144. The van der Waals surface area contributed by atoms with Crippen LogP contribution in [0.2, 0.25) is 5.02 Å². The molecule has 0 bridgehead atoms. The fourth-order valence-electron chi connectivity index (χ4n) is 1.93. The Morgan fingerprint density at radius 1 is 1.62 bits per heavy atom. The van der Waals surface area contributed by atoms with Crippen LogP contribution in [0.5, 0.6) is 0 Å². The summed E-state index contributed by atoms with van der Waals surface area (Å²) in [4.78, 5) is 13.8. The zero-order valence-corrected chi connectivity index (χ0v) is 9.94. The highest BCUT2D eigenvalue weighted by Gasteiger charge is 2.31. The van der Waals surface area contributed by atoms with Crippen LogP contribution < -0.4 is 0 Å². The predicted octanol–water partition coefficient (Wildman–Crippen LogP) is 1.23. The van der Waals surface area contributed by atoms with E-state index in [2.05, 4.69) is 0 Å². The molecule has 1 aromatic heterocycles. The van der Waals surface area contributed by atoms with Gasteiger partial charge in [-0.1, -0.05) is 11.6 Å². The van der Waals surface area contributed by atoms with Gasteiger partial charge in [0.2, 0.25) is 0 Å². The maximum absolute atomic E-state index is 12.0. The largest absolute Gasteiger partial charge is 0.396 e. The van der Waals surface area contributed by atoms with Gasteiger partial charge >= 0.3 is 0 Å². The van der Waals surface area contributed by atoms with Gasteiger partial charge in [0.05, 0.1) is 5.02 Å².